The molecule has 0 fully saturated rings. The highest BCUT2D eigenvalue weighted by Gasteiger charge is 2.07. The lowest BCUT2D eigenvalue weighted by Gasteiger charge is -2.06. The normalized spacial score (nSPS) is 9.81. The number of para-hydroxylation sites is 1. The second-order valence-corrected chi connectivity index (χ2v) is 3.15. The van der Waals surface area contributed by atoms with Crippen molar-refractivity contribution < 1.29 is 14.2 Å². The zero-order chi connectivity index (χ0) is 11.4. The van der Waals surface area contributed by atoms with Gasteiger partial charge in [-0.1, -0.05) is 18.2 Å². The smallest absolute Gasteiger partial charge is 0.379 e. The number of hydrogen-bond acceptors (Lipinski definition) is 3. The average Bonchev–Trinajstić information content (AvgIpc) is 2.31. The summed E-state index contributed by atoms with van der Waals surface area (Å²) >= 11 is 0. The number of hydrogen-bond donors (Lipinski definition) is 0. The Balaban J connectivity index is 2.20. The molecule has 0 aliphatic rings. The Kier molecular flexibility index (Phi) is 2.91. The molecule has 0 spiro atoms. The molecule has 1 aromatic carbocycles. The van der Waals surface area contributed by atoms with Crippen LogP contribution >= 0.6 is 0 Å². The maximum Gasteiger partial charge on any atom is 0.379 e. The van der Waals surface area contributed by atoms with E-state index >= 15 is 0 Å². The van der Waals surface area contributed by atoms with Gasteiger partial charge in [-0.25, -0.2) is 0 Å². The summed E-state index contributed by atoms with van der Waals surface area (Å²) < 4.78 is 11.0. The SMILES string of the molecule is COc1ccc(Oc2ccccc2)c[n+]1[O-]. The number of pyridine rings is 1. The van der Waals surface area contributed by atoms with E-state index in [2.05, 4.69) is 0 Å². The van der Waals surface area contributed by atoms with Crippen LogP contribution in [0.3, 0.4) is 0 Å². The standard InChI is InChI=1S/C12H11NO3/c1-15-12-8-7-11(9-13(12)14)16-10-5-3-2-4-6-10/h2-9H,1H3. The van der Waals surface area contributed by atoms with Crippen molar-refractivity contribution in [2.75, 3.05) is 7.11 Å². The summed E-state index contributed by atoms with van der Waals surface area (Å²) in [5.74, 6) is 1.40. The number of nitrogens with zero attached hydrogens (tertiary/aromatic N) is 1. The Morgan fingerprint density at radius 1 is 1.00 bits per heavy atom. The maximum absolute atomic E-state index is 11.4. The van der Waals surface area contributed by atoms with Gasteiger partial charge in [-0.05, 0) is 18.2 Å². The second-order valence-electron chi connectivity index (χ2n) is 3.15. The highest BCUT2D eigenvalue weighted by molar-refractivity contribution is 5.28. The summed E-state index contributed by atoms with van der Waals surface area (Å²) in [4.78, 5) is 0. The fourth-order valence-corrected chi connectivity index (χ4v) is 1.29. The Morgan fingerprint density at radius 2 is 1.75 bits per heavy atom. The molecule has 0 unspecified atom stereocenters. The van der Waals surface area contributed by atoms with Crippen molar-refractivity contribution in [1.29, 1.82) is 0 Å². The number of methoxy groups -OCH3 is 1. The van der Waals surface area contributed by atoms with Crippen LogP contribution in [0.15, 0.2) is 48.7 Å². The van der Waals surface area contributed by atoms with Crippen molar-refractivity contribution in [2.24, 2.45) is 0 Å². The van der Waals surface area contributed by atoms with E-state index in [-0.39, 0.29) is 5.88 Å². The Hall–Kier alpha value is -2.23. The van der Waals surface area contributed by atoms with Crippen molar-refractivity contribution in [3.63, 3.8) is 0 Å². The van der Waals surface area contributed by atoms with E-state index in [0.29, 0.717) is 16.2 Å². The minimum Gasteiger partial charge on any atom is -0.616 e. The third-order valence-corrected chi connectivity index (χ3v) is 2.04. The molecular weight excluding hydrogens is 206 g/mol. The lowest BCUT2D eigenvalue weighted by atomic mass is 10.3. The van der Waals surface area contributed by atoms with Crippen LogP contribution in [0.4, 0.5) is 0 Å². The maximum atomic E-state index is 11.4. The van der Waals surface area contributed by atoms with Crippen LogP contribution in [0.1, 0.15) is 0 Å². The lowest BCUT2D eigenvalue weighted by molar-refractivity contribution is -0.612. The van der Waals surface area contributed by atoms with Gasteiger partial charge in [-0.3, -0.25) is 0 Å². The first kappa shape index (κ1) is 10.3. The van der Waals surface area contributed by atoms with E-state index in [9.17, 15) is 5.21 Å². The Labute approximate surface area is 93.3 Å². The Morgan fingerprint density at radius 3 is 2.38 bits per heavy atom. The lowest BCUT2D eigenvalue weighted by Crippen LogP contribution is -2.27. The molecule has 2 rings (SSSR count). The highest BCUT2D eigenvalue weighted by Crippen LogP contribution is 2.20. The third kappa shape index (κ3) is 2.23. The van der Waals surface area contributed by atoms with Crippen LogP contribution in [0, 0.1) is 5.21 Å². The molecule has 1 heterocycles. The summed E-state index contributed by atoms with van der Waals surface area (Å²) in [6.07, 6.45) is 1.33. The van der Waals surface area contributed by atoms with Gasteiger partial charge in [0.1, 0.15) is 5.75 Å². The van der Waals surface area contributed by atoms with Crippen molar-refractivity contribution >= 4 is 0 Å². The number of ether oxygens (including phenoxy) is 2. The van der Waals surface area contributed by atoms with Gasteiger partial charge < -0.3 is 14.7 Å². The molecule has 4 heteroatoms. The van der Waals surface area contributed by atoms with Gasteiger partial charge >= 0.3 is 5.88 Å². The molecule has 1 aromatic heterocycles. The van der Waals surface area contributed by atoms with E-state index in [1.54, 1.807) is 12.1 Å². The molecule has 0 aliphatic heterocycles. The molecule has 0 atom stereocenters. The van der Waals surface area contributed by atoms with Gasteiger partial charge in [0.2, 0.25) is 6.20 Å². The molecule has 82 valence electrons. The summed E-state index contributed by atoms with van der Waals surface area (Å²) in [6.45, 7) is 0. The average molecular weight is 217 g/mol. The summed E-state index contributed by atoms with van der Waals surface area (Å²) in [6, 6.07) is 12.5. The fourth-order valence-electron chi connectivity index (χ4n) is 1.29. The van der Waals surface area contributed by atoms with Crippen molar-refractivity contribution in [3.05, 3.63) is 53.9 Å². The highest BCUT2D eigenvalue weighted by atomic mass is 16.5. The van der Waals surface area contributed by atoms with E-state index in [4.69, 9.17) is 9.47 Å². The minimum atomic E-state index is 0.236. The molecule has 0 bridgehead atoms. The van der Waals surface area contributed by atoms with Gasteiger partial charge in [0, 0.05) is 0 Å². The van der Waals surface area contributed by atoms with E-state index in [1.165, 1.54) is 13.3 Å². The van der Waals surface area contributed by atoms with Crippen molar-refractivity contribution in [2.45, 2.75) is 0 Å². The van der Waals surface area contributed by atoms with Crippen LogP contribution in [0.5, 0.6) is 17.4 Å². The van der Waals surface area contributed by atoms with E-state index in [0.717, 1.165) is 0 Å². The molecule has 0 saturated heterocycles. The number of benzene rings is 1. The predicted molar refractivity (Wildman–Crippen MR) is 58.5 cm³/mol. The first-order chi connectivity index (χ1) is 7.79. The molecule has 0 amide bonds. The van der Waals surface area contributed by atoms with Gasteiger partial charge in [0.25, 0.3) is 0 Å². The van der Waals surface area contributed by atoms with E-state index in [1.807, 2.05) is 30.3 Å². The summed E-state index contributed by atoms with van der Waals surface area (Å²) in [7, 11) is 1.45. The molecular formula is C12H11NO3. The monoisotopic (exact) mass is 217 g/mol. The van der Waals surface area contributed by atoms with Crippen LogP contribution in [-0.2, 0) is 0 Å². The van der Waals surface area contributed by atoms with Gasteiger partial charge in [-0.2, -0.15) is 0 Å². The second kappa shape index (κ2) is 4.53. The minimum absolute atomic E-state index is 0.236. The molecule has 4 nitrogen and oxygen atoms in total. The van der Waals surface area contributed by atoms with Crippen molar-refractivity contribution in [1.82, 2.24) is 0 Å². The number of aromatic nitrogens is 1. The first-order valence-corrected chi connectivity index (χ1v) is 4.80. The molecule has 0 aliphatic carbocycles. The van der Waals surface area contributed by atoms with Gasteiger partial charge in [0.15, 0.2) is 5.75 Å². The van der Waals surface area contributed by atoms with Gasteiger partial charge in [0.05, 0.1) is 13.2 Å². The fraction of sp³-hybridized carbons (Fsp3) is 0.0833. The molecule has 0 saturated carbocycles. The third-order valence-electron chi connectivity index (χ3n) is 2.04. The Bertz CT molecular complexity index is 471. The molecule has 16 heavy (non-hydrogen) atoms. The summed E-state index contributed by atoms with van der Waals surface area (Å²) in [5.41, 5.74) is 0. The quantitative estimate of drug-likeness (QED) is 0.584. The topological polar surface area (TPSA) is 45.4 Å². The summed E-state index contributed by atoms with van der Waals surface area (Å²) in [5, 5.41) is 11.4. The van der Waals surface area contributed by atoms with Crippen molar-refractivity contribution in [3.8, 4) is 17.4 Å². The van der Waals surface area contributed by atoms with Gasteiger partial charge in [-0.15, -0.1) is 4.73 Å². The van der Waals surface area contributed by atoms with Crippen LogP contribution in [0.2, 0.25) is 0 Å². The zero-order valence-electron chi connectivity index (χ0n) is 8.79. The predicted octanol–water partition coefficient (Wildman–Crippen LogP) is 2.12. The first-order valence-electron chi connectivity index (χ1n) is 4.80. The molecule has 2 aromatic rings. The van der Waals surface area contributed by atoms with E-state index < -0.39 is 0 Å². The van der Waals surface area contributed by atoms with Crippen LogP contribution in [0.25, 0.3) is 0 Å². The largest absolute Gasteiger partial charge is 0.616 e. The molecule has 0 N–H and O–H groups in total. The van der Waals surface area contributed by atoms with Crippen LogP contribution < -0.4 is 14.2 Å². The zero-order valence-corrected chi connectivity index (χ0v) is 8.79. The molecule has 0 radical (unpaired) electrons. The number of rotatable bonds is 3. The van der Waals surface area contributed by atoms with Crippen LogP contribution in [-0.4, -0.2) is 7.11 Å².